The highest BCUT2D eigenvalue weighted by atomic mass is 16.6. The number of hydrogen-bond donors (Lipinski definition) is 1. The minimum absolute atomic E-state index is 0.00161. The van der Waals surface area contributed by atoms with Gasteiger partial charge in [0, 0.05) is 25.2 Å². The summed E-state index contributed by atoms with van der Waals surface area (Å²) in [5.41, 5.74) is 2.65. The molecule has 0 aromatic heterocycles. The first-order valence-corrected chi connectivity index (χ1v) is 11.6. The fraction of sp³-hybridized carbons (Fsp3) is 0.667. The minimum atomic E-state index is -0.531. The normalized spacial score (nSPS) is 20.6. The maximum Gasteiger partial charge on any atom is 0.344 e. The van der Waals surface area contributed by atoms with E-state index in [1.165, 1.54) is 36.8 Å². The van der Waals surface area contributed by atoms with Gasteiger partial charge in [0.25, 0.3) is 5.91 Å². The summed E-state index contributed by atoms with van der Waals surface area (Å²) in [7, 11) is 0. The Hall–Kier alpha value is -2.12. The molecule has 1 aromatic carbocycles. The quantitative estimate of drug-likeness (QED) is 0.638. The zero-order valence-corrected chi connectivity index (χ0v) is 18.3. The molecular weight excluding hydrogens is 396 g/mol. The number of hydrogen-bond acceptors (Lipinski definition) is 6. The number of nitrogens with zero attached hydrogens (tertiary/aromatic N) is 1. The summed E-state index contributed by atoms with van der Waals surface area (Å²) in [4.78, 5) is 26.8. The van der Waals surface area contributed by atoms with Gasteiger partial charge in [-0.05, 0) is 55.4 Å². The summed E-state index contributed by atoms with van der Waals surface area (Å²) in [5.74, 6) is -0.118. The van der Waals surface area contributed by atoms with E-state index in [2.05, 4.69) is 16.3 Å². The van der Waals surface area contributed by atoms with Crippen LogP contribution in [0.15, 0.2) is 18.2 Å². The Labute approximate surface area is 184 Å². The van der Waals surface area contributed by atoms with E-state index in [9.17, 15) is 9.59 Å². The van der Waals surface area contributed by atoms with Gasteiger partial charge >= 0.3 is 5.97 Å². The maximum absolute atomic E-state index is 12.3. The van der Waals surface area contributed by atoms with Crippen molar-refractivity contribution in [2.24, 2.45) is 0 Å². The molecule has 170 valence electrons. The van der Waals surface area contributed by atoms with Crippen molar-refractivity contribution in [3.63, 3.8) is 0 Å². The molecule has 1 N–H and O–H groups in total. The van der Waals surface area contributed by atoms with E-state index >= 15 is 0 Å². The molecule has 0 atom stereocenters. The van der Waals surface area contributed by atoms with Crippen LogP contribution in [-0.4, -0.2) is 68.4 Å². The zero-order valence-electron chi connectivity index (χ0n) is 18.3. The van der Waals surface area contributed by atoms with Crippen LogP contribution in [0.1, 0.15) is 49.7 Å². The Morgan fingerprint density at radius 3 is 2.58 bits per heavy atom. The van der Waals surface area contributed by atoms with Crippen molar-refractivity contribution in [3.05, 3.63) is 29.3 Å². The van der Waals surface area contributed by atoms with Crippen molar-refractivity contribution < 1.29 is 23.8 Å². The van der Waals surface area contributed by atoms with Gasteiger partial charge in [0.2, 0.25) is 0 Å². The maximum atomic E-state index is 12.3. The molecule has 1 aliphatic heterocycles. The lowest BCUT2D eigenvalue weighted by Crippen LogP contribution is -2.59. The predicted molar refractivity (Wildman–Crippen MR) is 116 cm³/mol. The summed E-state index contributed by atoms with van der Waals surface area (Å²) in [6, 6.07) is 5.95. The topological polar surface area (TPSA) is 77.1 Å². The smallest absolute Gasteiger partial charge is 0.344 e. The molecule has 31 heavy (non-hydrogen) atoms. The van der Waals surface area contributed by atoms with E-state index in [-0.39, 0.29) is 24.7 Å². The van der Waals surface area contributed by atoms with Crippen molar-refractivity contribution in [2.75, 3.05) is 46.1 Å². The van der Waals surface area contributed by atoms with Gasteiger partial charge in [-0.2, -0.15) is 0 Å². The number of carbonyl (C=O) groups is 2. The van der Waals surface area contributed by atoms with E-state index in [0.717, 1.165) is 52.0 Å². The number of esters is 1. The second-order valence-electron chi connectivity index (χ2n) is 8.89. The Morgan fingerprint density at radius 2 is 1.77 bits per heavy atom. The molecule has 2 aliphatic carbocycles. The molecule has 4 rings (SSSR count). The molecule has 0 unspecified atom stereocenters. The summed E-state index contributed by atoms with van der Waals surface area (Å²) >= 11 is 0. The molecule has 1 saturated carbocycles. The van der Waals surface area contributed by atoms with E-state index in [4.69, 9.17) is 14.2 Å². The van der Waals surface area contributed by atoms with Gasteiger partial charge < -0.3 is 19.5 Å². The van der Waals surface area contributed by atoms with Crippen molar-refractivity contribution in [2.45, 2.75) is 56.9 Å². The van der Waals surface area contributed by atoms with Crippen molar-refractivity contribution >= 4 is 11.9 Å². The number of ether oxygens (including phenoxy) is 3. The average Bonchev–Trinajstić information content (AvgIpc) is 3.29. The molecule has 7 heteroatoms. The van der Waals surface area contributed by atoms with E-state index < -0.39 is 5.97 Å². The van der Waals surface area contributed by atoms with E-state index in [1.807, 2.05) is 12.1 Å². The van der Waals surface area contributed by atoms with Crippen LogP contribution in [0.3, 0.4) is 0 Å². The van der Waals surface area contributed by atoms with Crippen LogP contribution in [-0.2, 0) is 31.9 Å². The van der Waals surface area contributed by atoms with Gasteiger partial charge in [-0.25, -0.2) is 4.79 Å². The first kappa shape index (κ1) is 22.1. The van der Waals surface area contributed by atoms with Crippen LogP contribution in [0.5, 0.6) is 5.75 Å². The number of carbonyl (C=O) groups excluding carboxylic acids is 2. The van der Waals surface area contributed by atoms with Gasteiger partial charge in [0.1, 0.15) is 5.75 Å². The highest BCUT2D eigenvalue weighted by Gasteiger charge is 2.38. The van der Waals surface area contributed by atoms with Gasteiger partial charge in [-0.15, -0.1) is 0 Å². The van der Waals surface area contributed by atoms with Crippen molar-refractivity contribution in [3.8, 4) is 5.75 Å². The molecule has 1 heterocycles. The molecule has 0 radical (unpaired) electrons. The largest absolute Gasteiger partial charge is 0.482 e. The number of amides is 1. The third-order valence-electron chi connectivity index (χ3n) is 6.87. The first-order valence-electron chi connectivity index (χ1n) is 11.6. The summed E-state index contributed by atoms with van der Waals surface area (Å²) in [6.45, 7) is 3.44. The monoisotopic (exact) mass is 430 g/mol. The fourth-order valence-corrected chi connectivity index (χ4v) is 5.13. The Bertz CT molecular complexity index is 769. The van der Waals surface area contributed by atoms with Gasteiger partial charge in [-0.3, -0.25) is 9.69 Å². The Morgan fingerprint density at radius 1 is 1.00 bits per heavy atom. The Kier molecular flexibility index (Phi) is 7.45. The molecule has 1 aromatic rings. The minimum Gasteiger partial charge on any atom is -0.482 e. The molecule has 1 saturated heterocycles. The number of fused-ring (bicyclic) bond motifs is 1. The van der Waals surface area contributed by atoms with Crippen LogP contribution in [0.25, 0.3) is 0 Å². The molecule has 0 spiro atoms. The molecular formula is C24H34N2O5. The average molecular weight is 431 g/mol. The van der Waals surface area contributed by atoms with Gasteiger partial charge in [0.15, 0.2) is 13.2 Å². The summed E-state index contributed by atoms with van der Waals surface area (Å²) in [5, 5.41) is 3.01. The highest BCUT2D eigenvalue weighted by Crippen LogP contribution is 2.34. The number of morpholine rings is 1. The number of nitrogens with one attached hydrogen (secondary N) is 1. The third kappa shape index (κ3) is 5.77. The molecule has 0 bridgehead atoms. The zero-order chi connectivity index (χ0) is 21.5. The van der Waals surface area contributed by atoms with Gasteiger partial charge in [0.05, 0.1) is 13.2 Å². The lowest BCUT2D eigenvalue weighted by Gasteiger charge is -2.48. The molecule has 7 nitrogen and oxygen atoms in total. The first-order chi connectivity index (χ1) is 15.1. The standard InChI is InChI=1S/C24H34N2O5/c27-22(25-18-24(9-2-1-3-10-24)26-11-13-29-14-12-26)16-31-23(28)17-30-21-8-7-19-5-4-6-20(19)15-21/h7-8,15H,1-6,9-14,16-18H2,(H,25,27). The second-order valence-corrected chi connectivity index (χ2v) is 8.89. The third-order valence-corrected chi connectivity index (χ3v) is 6.87. The van der Waals surface area contributed by atoms with Crippen molar-refractivity contribution in [1.29, 1.82) is 0 Å². The number of aryl methyl sites for hydroxylation is 2. The molecule has 2 fully saturated rings. The number of benzene rings is 1. The van der Waals surface area contributed by atoms with E-state index in [1.54, 1.807) is 0 Å². The van der Waals surface area contributed by atoms with Crippen LogP contribution < -0.4 is 10.1 Å². The Balaban J connectivity index is 1.19. The molecule has 1 amide bonds. The SMILES string of the molecule is O=C(COC(=O)COc1ccc2c(c1)CCC2)NCC1(N2CCOCC2)CCCCC1. The van der Waals surface area contributed by atoms with Crippen LogP contribution in [0.2, 0.25) is 0 Å². The highest BCUT2D eigenvalue weighted by molar-refractivity contribution is 5.81. The van der Waals surface area contributed by atoms with Gasteiger partial charge in [-0.1, -0.05) is 25.3 Å². The van der Waals surface area contributed by atoms with Crippen LogP contribution in [0, 0.1) is 0 Å². The van der Waals surface area contributed by atoms with E-state index in [0.29, 0.717) is 12.3 Å². The summed E-state index contributed by atoms with van der Waals surface area (Å²) in [6.07, 6.45) is 9.13. The summed E-state index contributed by atoms with van der Waals surface area (Å²) < 4.78 is 16.2. The molecule has 3 aliphatic rings. The fourth-order valence-electron chi connectivity index (χ4n) is 5.13. The lowest BCUT2D eigenvalue weighted by atomic mass is 9.79. The lowest BCUT2D eigenvalue weighted by molar-refractivity contribution is -0.150. The predicted octanol–water partition coefficient (Wildman–Crippen LogP) is 2.25. The van der Waals surface area contributed by atoms with Crippen LogP contribution >= 0.6 is 0 Å². The van der Waals surface area contributed by atoms with Crippen LogP contribution in [0.4, 0.5) is 0 Å². The van der Waals surface area contributed by atoms with Crippen molar-refractivity contribution in [1.82, 2.24) is 10.2 Å². The number of rotatable bonds is 8. The second kappa shape index (κ2) is 10.5.